The number of benzene rings is 2. The van der Waals surface area contributed by atoms with Crippen LogP contribution in [0.3, 0.4) is 0 Å². The molecule has 0 saturated carbocycles. The summed E-state index contributed by atoms with van der Waals surface area (Å²) < 4.78 is 17.4. The molecule has 0 aliphatic carbocycles. The second-order valence-corrected chi connectivity index (χ2v) is 10.3. The summed E-state index contributed by atoms with van der Waals surface area (Å²) in [6.07, 6.45) is 6.95. The Morgan fingerprint density at radius 3 is 2.51 bits per heavy atom. The maximum Gasteiger partial charge on any atom is 0.290 e. The number of carbonyl (C=O) groups is 2. The standard InChI is InChI=1S/C33H42N2O6/c1-3-5-9-21-41-28-16-14-26(24-29(28)40-4-2)31-30(27(36)15-13-25-11-7-6-8-12-25)32(37)33(38)35(31)18-10-17-34-19-22-39-23-20-34/h6-8,11-16,24,31,37H,3-5,9-10,17-23H2,1-2H3. The Hall–Kier alpha value is -3.62. The van der Waals surface area contributed by atoms with Crippen LogP contribution in [0.4, 0.5) is 0 Å². The van der Waals surface area contributed by atoms with Gasteiger partial charge in [-0.2, -0.15) is 0 Å². The zero-order chi connectivity index (χ0) is 29.0. The van der Waals surface area contributed by atoms with Crippen molar-refractivity contribution >= 4 is 17.8 Å². The van der Waals surface area contributed by atoms with Crippen LogP contribution < -0.4 is 9.47 Å². The van der Waals surface area contributed by atoms with E-state index in [1.807, 2.05) is 55.5 Å². The first-order valence-electron chi connectivity index (χ1n) is 14.7. The highest BCUT2D eigenvalue weighted by Crippen LogP contribution is 2.41. The van der Waals surface area contributed by atoms with Gasteiger partial charge in [0.2, 0.25) is 0 Å². The van der Waals surface area contributed by atoms with Crippen LogP contribution in [0.15, 0.2) is 65.9 Å². The molecule has 1 N–H and O–H groups in total. The molecule has 1 amide bonds. The molecule has 0 bridgehead atoms. The molecule has 41 heavy (non-hydrogen) atoms. The third kappa shape index (κ3) is 7.99. The highest BCUT2D eigenvalue weighted by molar-refractivity contribution is 6.14. The van der Waals surface area contributed by atoms with Gasteiger partial charge in [-0.3, -0.25) is 14.5 Å². The van der Waals surface area contributed by atoms with Crippen LogP contribution >= 0.6 is 0 Å². The van der Waals surface area contributed by atoms with Crippen LogP contribution in [-0.2, 0) is 14.3 Å². The van der Waals surface area contributed by atoms with Gasteiger partial charge in [-0.1, -0.05) is 62.2 Å². The smallest absolute Gasteiger partial charge is 0.290 e. The lowest BCUT2D eigenvalue weighted by Crippen LogP contribution is -2.39. The fourth-order valence-corrected chi connectivity index (χ4v) is 5.21. The van der Waals surface area contributed by atoms with Crippen LogP contribution in [0.5, 0.6) is 11.5 Å². The fraction of sp³-hybridized carbons (Fsp3) is 0.455. The summed E-state index contributed by atoms with van der Waals surface area (Å²) in [5.74, 6) is -0.258. The maximum atomic E-state index is 13.5. The van der Waals surface area contributed by atoms with Gasteiger partial charge in [-0.15, -0.1) is 0 Å². The van der Waals surface area contributed by atoms with Crippen LogP contribution in [0.1, 0.15) is 56.7 Å². The predicted octanol–water partition coefficient (Wildman–Crippen LogP) is 5.35. The molecule has 0 radical (unpaired) electrons. The summed E-state index contributed by atoms with van der Waals surface area (Å²) in [7, 11) is 0. The van der Waals surface area contributed by atoms with Gasteiger partial charge in [0.05, 0.1) is 38.0 Å². The van der Waals surface area contributed by atoms with Gasteiger partial charge >= 0.3 is 0 Å². The number of unbranched alkanes of at least 4 members (excludes halogenated alkanes) is 2. The van der Waals surface area contributed by atoms with Crippen LogP contribution in [-0.4, -0.2) is 79.2 Å². The first-order valence-corrected chi connectivity index (χ1v) is 14.7. The molecule has 220 valence electrons. The molecule has 2 aromatic rings. The molecule has 1 fully saturated rings. The Morgan fingerprint density at radius 1 is 1.00 bits per heavy atom. The summed E-state index contributed by atoms with van der Waals surface area (Å²) in [5, 5.41) is 11.0. The fourth-order valence-electron chi connectivity index (χ4n) is 5.21. The van der Waals surface area contributed by atoms with Crippen molar-refractivity contribution in [3.63, 3.8) is 0 Å². The number of allylic oxidation sites excluding steroid dienone is 1. The Bertz CT molecular complexity index is 1220. The minimum atomic E-state index is -0.742. The maximum absolute atomic E-state index is 13.5. The van der Waals surface area contributed by atoms with Crippen LogP contribution in [0.25, 0.3) is 6.08 Å². The molecule has 1 saturated heterocycles. The molecule has 1 unspecified atom stereocenters. The minimum absolute atomic E-state index is 0.0765. The number of carbonyl (C=O) groups excluding carboxylic acids is 2. The molecule has 4 rings (SSSR count). The molecular formula is C33H42N2O6. The lowest BCUT2D eigenvalue weighted by Gasteiger charge is -2.30. The number of rotatable bonds is 15. The largest absolute Gasteiger partial charge is 0.503 e. The van der Waals surface area contributed by atoms with Crippen molar-refractivity contribution in [3.05, 3.63) is 77.1 Å². The molecule has 8 nitrogen and oxygen atoms in total. The SMILES string of the molecule is CCCCCOc1ccc(C2C(C(=O)C=Cc3ccccc3)=C(O)C(=O)N2CCCN2CCOCC2)cc1OCC. The molecular weight excluding hydrogens is 520 g/mol. The molecule has 0 spiro atoms. The summed E-state index contributed by atoms with van der Waals surface area (Å²) >= 11 is 0. The number of morpholine rings is 1. The van der Waals surface area contributed by atoms with Crippen molar-refractivity contribution in [1.82, 2.24) is 9.80 Å². The second-order valence-electron chi connectivity index (χ2n) is 10.3. The molecule has 2 aliphatic heterocycles. The Kier molecular flexibility index (Phi) is 11.4. The van der Waals surface area contributed by atoms with Gasteiger partial charge in [-0.25, -0.2) is 0 Å². The normalized spacial score (nSPS) is 18.0. The second kappa shape index (κ2) is 15.4. The number of amides is 1. The van der Waals surface area contributed by atoms with E-state index in [1.165, 1.54) is 6.08 Å². The number of hydrogen-bond acceptors (Lipinski definition) is 7. The van der Waals surface area contributed by atoms with Crippen molar-refractivity contribution in [2.24, 2.45) is 0 Å². The highest BCUT2D eigenvalue weighted by Gasteiger charge is 2.43. The van der Waals surface area contributed by atoms with Crippen LogP contribution in [0.2, 0.25) is 0 Å². The van der Waals surface area contributed by atoms with E-state index < -0.39 is 23.5 Å². The van der Waals surface area contributed by atoms with Gasteiger partial charge in [-0.05, 0) is 49.1 Å². The van der Waals surface area contributed by atoms with Gasteiger partial charge in [0.15, 0.2) is 23.0 Å². The zero-order valence-electron chi connectivity index (χ0n) is 24.2. The average molecular weight is 563 g/mol. The van der Waals surface area contributed by atoms with E-state index in [0.717, 1.165) is 44.5 Å². The Morgan fingerprint density at radius 2 is 1.78 bits per heavy atom. The quantitative estimate of drug-likeness (QED) is 0.231. The topological polar surface area (TPSA) is 88.5 Å². The Labute approximate surface area is 243 Å². The lowest BCUT2D eigenvalue weighted by molar-refractivity contribution is -0.129. The summed E-state index contributed by atoms with van der Waals surface area (Å²) in [6, 6.07) is 14.2. The van der Waals surface area contributed by atoms with E-state index in [4.69, 9.17) is 14.2 Å². The van der Waals surface area contributed by atoms with Gasteiger partial charge in [0.1, 0.15) is 0 Å². The predicted molar refractivity (Wildman–Crippen MR) is 159 cm³/mol. The van der Waals surface area contributed by atoms with Gasteiger partial charge in [0, 0.05) is 26.2 Å². The average Bonchev–Trinajstić information content (AvgIpc) is 3.25. The van der Waals surface area contributed by atoms with Crippen LogP contribution in [0, 0.1) is 0 Å². The van der Waals surface area contributed by atoms with E-state index >= 15 is 0 Å². The van der Waals surface area contributed by atoms with E-state index in [0.29, 0.717) is 56.5 Å². The van der Waals surface area contributed by atoms with Crippen molar-refractivity contribution < 1.29 is 28.9 Å². The van der Waals surface area contributed by atoms with Crippen molar-refractivity contribution in [2.75, 3.05) is 52.6 Å². The number of nitrogens with zero attached hydrogens (tertiary/aromatic N) is 2. The summed E-state index contributed by atoms with van der Waals surface area (Å²) in [4.78, 5) is 30.8. The molecule has 2 aliphatic rings. The van der Waals surface area contributed by atoms with E-state index in [2.05, 4.69) is 11.8 Å². The summed E-state index contributed by atoms with van der Waals surface area (Å²) in [6.45, 7) is 9.37. The Balaban J connectivity index is 1.62. The number of ether oxygens (including phenoxy) is 3. The van der Waals surface area contributed by atoms with Gasteiger partial charge < -0.3 is 24.2 Å². The van der Waals surface area contributed by atoms with E-state index in [9.17, 15) is 14.7 Å². The molecule has 8 heteroatoms. The minimum Gasteiger partial charge on any atom is -0.503 e. The van der Waals surface area contributed by atoms with Crippen molar-refractivity contribution in [3.8, 4) is 11.5 Å². The van der Waals surface area contributed by atoms with E-state index in [-0.39, 0.29) is 5.57 Å². The number of hydrogen-bond donors (Lipinski definition) is 1. The summed E-state index contributed by atoms with van der Waals surface area (Å²) in [5.41, 5.74) is 1.62. The highest BCUT2D eigenvalue weighted by atomic mass is 16.5. The van der Waals surface area contributed by atoms with E-state index in [1.54, 1.807) is 11.0 Å². The van der Waals surface area contributed by atoms with Crippen molar-refractivity contribution in [2.45, 2.75) is 45.6 Å². The number of ketones is 1. The molecule has 0 aromatic heterocycles. The third-order valence-electron chi connectivity index (χ3n) is 7.36. The molecule has 1 atom stereocenters. The first kappa shape index (κ1) is 30.3. The van der Waals surface area contributed by atoms with Gasteiger partial charge in [0.25, 0.3) is 5.91 Å². The number of aliphatic hydroxyl groups is 1. The first-order chi connectivity index (χ1) is 20.0. The monoisotopic (exact) mass is 562 g/mol. The van der Waals surface area contributed by atoms with Crippen molar-refractivity contribution in [1.29, 1.82) is 0 Å². The zero-order valence-corrected chi connectivity index (χ0v) is 24.2. The molecule has 2 heterocycles. The third-order valence-corrected chi connectivity index (χ3v) is 7.36. The number of aliphatic hydroxyl groups excluding tert-OH is 1. The molecule has 2 aromatic carbocycles. The lowest BCUT2D eigenvalue weighted by atomic mass is 9.95.